The molecule has 0 aliphatic carbocycles. The molecule has 0 aliphatic rings. The predicted octanol–water partition coefficient (Wildman–Crippen LogP) is 4.28. The van der Waals surface area contributed by atoms with E-state index in [1.54, 1.807) is 6.92 Å². The average Bonchev–Trinajstić information content (AvgIpc) is 2.11. The van der Waals surface area contributed by atoms with Crippen molar-refractivity contribution in [3.8, 4) is 0 Å². The summed E-state index contributed by atoms with van der Waals surface area (Å²) in [4.78, 5) is 11.8. The van der Waals surface area contributed by atoms with E-state index in [4.69, 9.17) is 3.76 Å². The topological polar surface area (TPSA) is 26.3 Å². The van der Waals surface area contributed by atoms with Crippen LogP contribution in [-0.2, 0) is 8.56 Å². The van der Waals surface area contributed by atoms with Gasteiger partial charge in [-0.15, -0.1) is 0 Å². The van der Waals surface area contributed by atoms with Gasteiger partial charge in [-0.05, 0) is 0 Å². The number of carbonyl (C=O) groups excluding carboxylic acids is 1. The molecule has 0 saturated heterocycles. The minimum atomic E-state index is -2.64. The molecule has 16 heavy (non-hydrogen) atoms. The standard InChI is InChI=1S/C13H26GeO2/c1-9(2)13(15)16-14(10(3)4,11(5)6)12(7)8/h10-12H,1H2,2-8H3. The molecule has 0 spiro atoms. The molecule has 0 aromatic rings. The van der Waals surface area contributed by atoms with Crippen LogP contribution in [0.25, 0.3) is 0 Å². The van der Waals surface area contributed by atoms with Gasteiger partial charge in [0, 0.05) is 0 Å². The van der Waals surface area contributed by atoms with E-state index in [0.717, 1.165) is 0 Å². The quantitative estimate of drug-likeness (QED) is 0.557. The van der Waals surface area contributed by atoms with Gasteiger partial charge in [-0.25, -0.2) is 0 Å². The van der Waals surface area contributed by atoms with Crippen molar-refractivity contribution < 1.29 is 8.56 Å². The molecule has 0 amide bonds. The Hall–Kier alpha value is -0.247. The van der Waals surface area contributed by atoms with Crippen molar-refractivity contribution in [2.75, 3.05) is 0 Å². The summed E-state index contributed by atoms with van der Waals surface area (Å²) in [6.45, 7) is 18.5. The van der Waals surface area contributed by atoms with Crippen LogP contribution in [0.15, 0.2) is 12.2 Å². The number of carbonyl (C=O) groups is 1. The van der Waals surface area contributed by atoms with E-state index in [1.165, 1.54) is 0 Å². The van der Waals surface area contributed by atoms with Gasteiger partial charge in [0.1, 0.15) is 0 Å². The van der Waals surface area contributed by atoms with E-state index in [-0.39, 0.29) is 5.97 Å². The second kappa shape index (κ2) is 5.90. The van der Waals surface area contributed by atoms with Crippen molar-refractivity contribution >= 4 is 19.6 Å². The Morgan fingerprint density at radius 3 is 1.50 bits per heavy atom. The van der Waals surface area contributed by atoms with Gasteiger partial charge in [0.15, 0.2) is 0 Å². The molecule has 0 rings (SSSR count). The molecule has 0 unspecified atom stereocenters. The molecular weight excluding hydrogens is 261 g/mol. The van der Waals surface area contributed by atoms with E-state index < -0.39 is 13.6 Å². The molecule has 0 heterocycles. The van der Waals surface area contributed by atoms with Crippen LogP contribution in [0, 0.1) is 0 Å². The molecule has 0 aromatic heterocycles. The van der Waals surface area contributed by atoms with E-state index in [1.807, 2.05) is 0 Å². The van der Waals surface area contributed by atoms with Crippen LogP contribution >= 0.6 is 0 Å². The SMILES string of the molecule is C=C(C)C(=O)[O][Ge]([CH](C)C)([CH](C)C)[CH](C)C. The normalized spacial score (nSPS) is 12.4. The molecule has 0 fully saturated rings. The fourth-order valence-corrected chi connectivity index (χ4v) is 13.5. The first-order chi connectivity index (χ1) is 7.16. The summed E-state index contributed by atoms with van der Waals surface area (Å²) in [6, 6.07) is 0. The molecule has 2 nitrogen and oxygen atoms in total. The first-order valence-electron chi connectivity index (χ1n) is 6.05. The fraction of sp³-hybridized carbons (Fsp3) is 0.769. The fourth-order valence-electron chi connectivity index (χ4n) is 2.60. The average molecular weight is 287 g/mol. The summed E-state index contributed by atoms with van der Waals surface area (Å²) in [5, 5.41) is 0. The Labute approximate surface area is 103 Å². The van der Waals surface area contributed by atoms with Gasteiger partial charge in [0.25, 0.3) is 0 Å². The van der Waals surface area contributed by atoms with Gasteiger partial charge in [-0.3, -0.25) is 0 Å². The third-order valence-corrected chi connectivity index (χ3v) is 15.8. The van der Waals surface area contributed by atoms with Gasteiger partial charge in [-0.1, -0.05) is 0 Å². The third-order valence-electron chi connectivity index (χ3n) is 3.33. The van der Waals surface area contributed by atoms with Gasteiger partial charge in [0.05, 0.1) is 0 Å². The van der Waals surface area contributed by atoms with Gasteiger partial charge >= 0.3 is 103 Å². The summed E-state index contributed by atoms with van der Waals surface area (Å²) in [5.41, 5.74) is 0.511. The van der Waals surface area contributed by atoms with Crippen molar-refractivity contribution in [1.29, 1.82) is 0 Å². The van der Waals surface area contributed by atoms with Crippen LogP contribution in [0.4, 0.5) is 0 Å². The second-order valence-corrected chi connectivity index (χ2v) is 16.8. The summed E-state index contributed by atoms with van der Waals surface area (Å²) in [5.74, 6) is -0.198. The maximum absolute atomic E-state index is 11.8. The zero-order chi connectivity index (χ0) is 13.1. The number of hydrogen-bond donors (Lipinski definition) is 0. The number of hydrogen-bond acceptors (Lipinski definition) is 2. The molecule has 0 radical (unpaired) electrons. The van der Waals surface area contributed by atoms with Crippen molar-refractivity contribution in [2.24, 2.45) is 0 Å². The molecule has 94 valence electrons. The van der Waals surface area contributed by atoms with Crippen molar-refractivity contribution in [3.63, 3.8) is 0 Å². The van der Waals surface area contributed by atoms with E-state index >= 15 is 0 Å². The van der Waals surface area contributed by atoms with Crippen LogP contribution in [0.1, 0.15) is 48.5 Å². The monoisotopic (exact) mass is 288 g/mol. The van der Waals surface area contributed by atoms with Crippen LogP contribution < -0.4 is 0 Å². The summed E-state index contributed by atoms with van der Waals surface area (Å²) in [6.07, 6.45) is 0. The van der Waals surface area contributed by atoms with Gasteiger partial charge in [0.2, 0.25) is 0 Å². The maximum atomic E-state index is 11.8. The van der Waals surface area contributed by atoms with Crippen LogP contribution in [0.2, 0.25) is 14.3 Å². The van der Waals surface area contributed by atoms with Crippen LogP contribution in [-0.4, -0.2) is 19.6 Å². The van der Waals surface area contributed by atoms with Gasteiger partial charge < -0.3 is 0 Å². The van der Waals surface area contributed by atoms with E-state index in [0.29, 0.717) is 19.8 Å². The van der Waals surface area contributed by atoms with Crippen molar-refractivity contribution in [3.05, 3.63) is 12.2 Å². The zero-order valence-corrected chi connectivity index (χ0v) is 13.9. The molecule has 0 bridgehead atoms. The number of rotatable bonds is 5. The molecule has 0 N–H and O–H groups in total. The molecule has 3 heteroatoms. The van der Waals surface area contributed by atoms with Gasteiger partial charge in [-0.2, -0.15) is 0 Å². The first kappa shape index (κ1) is 15.8. The Morgan fingerprint density at radius 1 is 1.00 bits per heavy atom. The van der Waals surface area contributed by atoms with E-state index in [2.05, 4.69) is 48.1 Å². The predicted molar refractivity (Wildman–Crippen MR) is 72.0 cm³/mol. The molecule has 0 atom stereocenters. The molecule has 0 aromatic carbocycles. The Bertz CT molecular complexity index is 245. The summed E-state index contributed by atoms with van der Waals surface area (Å²) in [7, 11) is 0. The Balaban J connectivity index is 5.21. The summed E-state index contributed by atoms with van der Waals surface area (Å²) >= 11 is -2.64. The minimum absolute atomic E-state index is 0.198. The summed E-state index contributed by atoms with van der Waals surface area (Å²) < 4.78 is 7.36. The van der Waals surface area contributed by atoms with E-state index in [9.17, 15) is 4.79 Å². The third kappa shape index (κ3) is 3.13. The molecular formula is C13H26GeO2. The molecule has 0 saturated carbocycles. The molecule has 0 aliphatic heterocycles. The second-order valence-electron chi connectivity index (χ2n) is 5.49. The zero-order valence-electron chi connectivity index (χ0n) is 11.8. The van der Waals surface area contributed by atoms with Crippen LogP contribution in [0.5, 0.6) is 0 Å². The van der Waals surface area contributed by atoms with Crippen LogP contribution in [0.3, 0.4) is 0 Å². The Morgan fingerprint density at radius 2 is 1.31 bits per heavy atom. The van der Waals surface area contributed by atoms with Crippen molar-refractivity contribution in [1.82, 2.24) is 0 Å². The Kier molecular flexibility index (Phi) is 5.81. The first-order valence-corrected chi connectivity index (χ1v) is 10.5. The van der Waals surface area contributed by atoms with Crippen molar-refractivity contribution in [2.45, 2.75) is 62.7 Å².